The molecule has 0 aliphatic carbocycles. The average Bonchev–Trinajstić information content (AvgIpc) is 2.93. The van der Waals surface area contributed by atoms with Gasteiger partial charge in [0.1, 0.15) is 6.10 Å². The number of esters is 3. The van der Waals surface area contributed by atoms with Crippen molar-refractivity contribution in [2.24, 2.45) is 0 Å². The Bertz CT molecular complexity index is 1170. The fourth-order valence-corrected chi connectivity index (χ4v) is 3.74. The molecule has 0 saturated carbocycles. The van der Waals surface area contributed by atoms with E-state index in [9.17, 15) is 24.6 Å². The molecule has 3 aromatic rings. The molecule has 4 rings (SSSR count). The number of aliphatic hydroxyl groups is 2. The molecule has 5 atom stereocenters. The maximum absolute atomic E-state index is 12.9. The smallest absolute Gasteiger partial charge is 0.338 e. The van der Waals surface area contributed by atoms with Crippen molar-refractivity contribution in [2.75, 3.05) is 6.61 Å². The van der Waals surface area contributed by atoms with Gasteiger partial charge >= 0.3 is 17.9 Å². The molecule has 2 N–H and O–H groups in total. The Balaban J connectivity index is 1.66. The third kappa shape index (κ3) is 5.77. The average molecular weight is 492 g/mol. The first kappa shape index (κ1) is 25.1. The molecule has 0 unspecified atom stereocenters. The zero-order valence-corrected chi connectivity index (χ0v) is 19.0. The molecule has 0 radical (unpaired) electrons. The largest absolute Gasteiger partial charge is 0.452 e. The van der Waals surface area contributed by atoms with Crippen LogP contribution in [0.25, 0.3) is 0 Å². The van der Waals surface area contributed by atoms with Crippen molar-refractivity contribution < 1.29 is 43.5 Å². The van der Waals surface area contributed by atoms with Crippen molar-refractivity contribution in [1.82, 2.24) is 0 Å². The lowest BCUT2D eigenvalue weighted by Gasteiger charge is -2.42. The maximum atomic E-state index is 12.9. The number of hydrogen-bond donors (Lipinski definition) is 2. The normalized spacial score (nSPS) is 23.3. The standard InChI is InChI=1S/C27H24O9/c28-16-20-21(34-24(29)17-10-4-1-5-11-17)22(35-25(30)18-12-6-2-7-13-18)23(27(32)33-20)36-26(31)19-14-8-3-9-15-19/h1-15,20-23,27-28,32H,16H2/t20-,21+,22+,23-,27-/m1/s1. The molecule has 9 heteroatoms. The molecule has 1 aliphatic heterocycles. The van der Waals surface area contributed by atoms with Crippen molar-refractivity contribution in [3.8, 4) is 0 Å². The first-order valence-corrected chi connectivity index (χ1v) is 11.2. The predicted octanol–water partition coefficient (Wildman–Crippen LogP) is 2.37. The van der Waals surface area contributed by atoms with E-state index in [4.69, 9.17) is 18.9 Å². The molecule has 0 bridgehead atoms. The van der Waals surface area contributed by atoms with Gasteiger partial charge in [0.2, 0.25) is 0 Å². The highest BCUT2D eigenvalue weighted by molar-refractivity contribution is 5.91. The van der Waals surface area contributed by atoms with Gasteiger partial charge in [-0.1, -0.05) is 54.6 Å². The maximum Gasteiger partial charge on any atom is 0.338 e. The lowest BCUT2D eigenvalue weighted by molar-refractivity contribution is -0.284. The lowest BCUT2D eigenvalue weighted by atomic mass is 9.98. The molecule has 1 heterocycles. The van der Waals surface area contributed by atoms with Crippen LogP contribution in [0.15, 0.2) is 91.0 Å². The first-order chi connectivity index (χ1) is 17.5. The van der Waals surface area contributed by atoms with Crippen molar-refractivity contribution in [1.29, 1.82) is 0 Å². The van der Waals surface area contributed by atoms with Crippen LogP contribution in [0.3, 0.4) is 0 Å². The number of benzene rings is 3. The quantitative estimate of drug-likeness (QED) is 0.377. The van der Waals surface area contributed by atoms with Crippen LogP contribution in [0.4, 0.5) is 0 Å². The Morgan fingerprint density at radius 2 is 0.972 bits per heavy atom. The molecule has 36 heavy (non-hydrogen) atoms. The second kappa shape index (κ2) is 11.6. The van der Waals surface area contributed by atoms with Crippen LogP contribution in [0.5, 0.6) is 0 Å². The molecule has 0 spiro atoms. The number of carbonyl (C=O) groups excluding carboxylic acids is 3. The van der Waals surface area contributed by atoms with Crippen molar-refractivity contribution >= 4 is 17.9 Å². The predicted molar refractivity (Wildman–Crippen MR) is 125 cm³/mol. The highest BCUT2D eigenvalue weighted by Crippen LogP contribution is 2.29. The van der Waals surface area contributed by atoms with E-state index < -0.39 is 55.2 Å². The molecule has 1 fully saturated rings. The fourth-order valence-electron chi connectivity index (χ4n) is 3.74. The summed E-state index contributed by atoms with van der Waals surface area (Å²) >= 11 is 0. The van der Waals surface area contributed by atoms with E-state index in [1.807, 2.05) is 0 Å². The van der Waals surface area contributed by atoms with Crippen LogP contribution >= 0.6 is 0 Å². The van der Waals surface area contributed by atoms with Gasteiger partial charge < -0.3 is 29.2 Å². The number of hydrogen-bond acceptors (Lipinski definition) is 9. The van der Waals surface area contributed by atoms with Gasteiger partial charge in [-0.25, -0.2) is 14.4 Å². The summed E-state index contributed by atoms with van der Waals surface area (Å²) in [6, 6.07) is 24.0. The van der Waals surface area contributed by atoms with Gasteiger partial charge in [0.25, 0.3) is 0 Å². The zero-order valence-electron chi connectivity index (χ0n) is 19.0. The number of aliphatic hydroxyl groups excluding tert-OH is 2. The Morgan fingerprint density at radius 3 is 1.36 bits per heavy atom. The second-order valence-electron chi connectivity index (χ2n) is 7.96. The summed E-state index contributed by atoms with van der Waals surface area (Å²) in [5.74, 6) is -2.42. The van der Waals surface area contributed by atoms with Gasteiger partial charge in [0.05, 0.1) is 23.3 Å². The molecule has 0 amide bonds. The van der Waals surface area contributed by atoms with E-state index in [-0.39, 0.29) is 16.7 Å². The molecule has 1 saturated heterocycles. The molecule has 0 aromatic heterocycles. The minimum absolute atomic E-state index is 0.181. The number of ether oxygens (including phenoxy) is 4. The van der Waals surface area contributed by atoms with Gasteiger partial charge in [-0.3, -0.25) is 0 Å². The molecule has 186 valence electrons. The van der Waals surface area contributed by atoms with Crippen molar-refractivity contribution in [3.05, 3.63) is 108 Å². The zero-order chi connectivity index (χ0) is 25.5. The SMILES string of the molecule is O=C(O[C@@H]1[C@@H](OC(=O)c2ccccc2)[C@H](O)O[C@H](CO)[C@@H]1OC(=O)c1ccccc1)c1ccccc1. The summed E-state index contributed by atoms with van der Waals surface area (Å²) in [6.45, 7) is -0.678. The van der Waals surface area contributed by atoms with Crippen LogP contribution in [-0.2, 0) is 18.9 Å². The molecular weight excluding hydrogens is 468 g/mol. The number of carbonyl (C=O) groups is 3. The van der Waals surface area contributed by atoms with Crippen molar-refractivity contribution in [2.45, 2.75) is 30.7 Å². The molecule has 1 aliphatic rings. The summed E-state index contributed by atoms with van der Waals surface area (Å²) < 4.78 is 22.1. The van der Waals surface area contributed by atoms with Crippen LogP contribution in [0.1, 0.15) is 31.1 Å². The van der Waals surface area contributed by atoms with Gasteiger partial charge in [0.15, 0.2) is 24.6 Å². The fraction of sp³-hybridized carbons (Fsp3) is 0.222. The molecule has 3 aromatic carbocycles. The molecular formula is C27H24O9. The third-order valence-corrected chi connectivity index (χ3v) is 5.55. The molecule has 9 nitrogen and oxygen atoms in total. The summed E-state index contributed by atoms with van der Waals surface area (Å²) in [5.41, 5.74) is 0.562. The Kier molecular flexibility index (Phi) is 8.06. The van der Waals surface area contributed by atoms with Gasteiger partial charge in [-0.2, -0.15) is 0 Å². The monoisotopic (exact) mass is 492 g/mol. The lowest BCUT2D eigenvalue weighted by Crippen LogP contribution is -2.62. The highest BCUT2D eigenvalue weighted by atomic mass is 16.7. The van der Waals surface area contributed by atoms with Gasteiger partial charge in [-0.15, -0.1) is 0 Å². The van der Waals surface area contributed by atoms with Crippen LogP contribution in [0.2, 0.25) is 0 Å². The van der Waals surface area contributed by atoms with Crippen LogP contribution in [0, 0.1) is 0 Å². The first-order valence-electron chi connectivity index (χ1n) is 11.2. The Hall–Kier alpha value is -4.05. The minimum Gasteiger partial charge on any atom is -0.452 e. The van der Waals surface area contributed by atoms with Gasteiger partial charge in [-0.05, 0) is 36.4 Å². The second-order valence-corrected chi connectivity index (χ2v) is 7.96. The van der Waals surface area contributed by atoms with E-state index >= 15 is 0 Å². The van der Waals surface area contributed by atoms with Gasteiger partial charge in [0, 0.05) is 0 Å². The third-order valence-electron chi connectivity index (χ3n) is 5.55. The van der Waals surface area contributed by atoms with Crippen LogP contribution in [-0.4, -0.2) is 65.4 Å². The highest BCUT2D eigenvalue weighted by Gasteiger charge is 2.52. The number of rotatable bonds is 7. The van der Waals surface area contributed by atoms with E-state index in [0.29, 0.717) is 0 Å². The Morgan fingerprint density at radius 1 is 0.611 bits per heavy atom. The van der Waals surface area contributed by atoms with E-state index in [1.165, 1.54) is 36.4 Å². The summed E-state index contributed by atoms with van der Waals surface area (Å²) in [7, 11) is 0. The van der Waals surface area contributed by atoms with Crippen molar-refractivity contribution in [3.63, 3.8) is 0 Å². The minimum atomic E-state index is -1.78. The topological polar surface area (TPSA) is 129 Å². The summed E-state index contributed by atoms with van der Waals surface area (Å²) in [6.07, 6.45) is -7.53. The summed E-state index contributed by atoms with van der Waals surface area (Å²) in [4.78, 5) is 38.5. The van der Waals surface area contributed by atoms with E-state index in [2.05, 4.69) is 0 Å². The van der Waals surface area contributed by atoms with Crippen LogP contribution < -0.4 is 0 Å². The summed E-state index contributed by atoms with van der Waals surface area (Å²) in [5, 5.41) is 20.5. The van der Waals surface area contributed by atoms with E-state index in [0.717, 1.165) is 0 Å². The van der Waals surface area contributed by atoms with E-state index in [1.54, 1.807) is 54.6 Å². The Labute approximate surface area is 206 Å².